The zero-order chi connectivity index (χ0) is 21.1. The fraction of sp³-hybridized carbons (Fsp3) is 0.556. The fourth-order valence-corrected chi connectivity index (χ4v) is 5.54. The first-order valence-corrected chi connectivity index (χ1v) is 11.8. The second-order valence-corrected chi connectivity index (χ2v) is 10.1. The summed E-state index contributed by atoms with van der Waals surface area (Å²) in [5.74, 6) is 3.95. The molecule has 0 aromatic heterocycles. The largest absolute Gasteiger partial charge is 0.487 e. The van der Waals surface area contributed by atoms with Crippen molar-refractivity contribution in [3.8, 4) is 5.75 Å². The molecule has 0 bridgehead atoms. The second-order valence-electron chi connectivity index (χ2n) is 10.1. The minimum atomic E-state index is 0.615. The zero-order valence-corrected chi connectivity index (χ0v) is 19.2. The Hall–Kier alpha value is -2.16. The maximum Gasteiger partial charge on any atom is 0.143 e. The van der Waals surface area contributed by atoms with Crippen LogP contribution < -0.4 is 14.5 Å². The van der Waals surface area contributed by atoms with Crippen molar-refractivity contribution in [2.45, 2.75) is 47.1 Å². The van der Waals surface area contributed by atoms with Crippen LogP contribution in [0.3, 0.4) is 0 Å². The van der Waals surface area contributed by atoms with Crippen LogP contribution in [-0.2, 0) is 6.61 Å². The number of hydrogen-bond donors (Lipinski definition) is 0. The molecule has 0 saturated carbocycles. The maximum absolute atomic E-state index is 6.37. The molecule has 0 N–H and O–H groups in total. The van der Waals surface area contributed by atoms with Gasteiger partial charge < -0.3 is 14.5 Å². The predicted molar refractivity (Wildman–Crippen MR) is 128 cm³/mol. The van der Waals surface area contributed by atoms with E-state index >= 15 is 0 Å². The first kappa shape index (κ1) is 21.1. The Balaban J connectivity index is 1.61. The van der Waals surface area contributed by atoms with Crippen LogP contribution in [0, 0.1) is 23.7 Å². The van der Waals surface area contributed by atoms with Crippen molar-refractivity contribution in [1.82, 2.24) is 0 Å². The van der Waals surface area contributed by atoms with Crippen molar-refractivity contribution in [1.29, 1.82) is 0 Å². The number of hydrogen-bond acceptors (Lipinski definition) is 3. The van der Waals surface area contributed by atoms with Gasteiger partial charge in [0.2, 0.25) is 0 Å². The third-order valence-corrected chi connectivity index (χ3v) is 6.62. The Morgan fingerprint density at radius 1 is 0.733 bits per heavy atom. The van der Waals surface area contributed by atoms with Crippen LogP contribution in [-0.4, -0.2) is 26.2 Å². The van der Waals surface area contributed by atoms with Gasteiger partial charge in [-0.15, -0.1) is 0 Å². The minimum Gasteiger partial charge on any atom is -0.487 e. The van der Waals surface area contributed by atoms with Crippen LogP contribution in [0.15, 0.2) is 48.5 Å². The van der Waals surface area contributed by atoms with E-state index in [4.69, 9.17) is 4.74 Å². The molecule has 2 aliphatic heterocycles. The molecule has 2 saturated heterocycles. The molecule has 2 aromatic carbocycles. The predicted octanol–water partition coefficient (Wildman–Crippen LogP) is 6.23. The lowest BCUT2D eigenvalue weighted by Crippen LogP contribution is -2.40. The number of piperidine rings is 2. The SMILES string of the molecule is CC1CC(C)CN(c2ccc(OCc3ccccc3)c(N3CC(C)CC(C)C3)c2)C1. The third-order valence-electron chi connectivity index (χ3n) is 6.62. The molecule has 2 aromatic rings. The van der Waals surface area contributed by atoms with E-state index in [1.54, 1.807) is 0 Å². The van der Waals surface area contributed by atoms with E-state index in [0.717, 1.165) is 55.6 Å². The quantitative estimate of drug-likeness (QED) is 0.585. The lowest BCUT2D eigenvalue weighted by Gasteiger charge is -2.39. The van der Waals surface area contributed by atoms with Gasteiger partial charge in [-0.25, -0.2) is 0 Å². The molecule has 0 radical (unpaired) electrons. The van der Waals surface area contributed by atoms with E-state index < -0.39 is 0 Å². The highest BCUT2D eigenvalue weighted by Crippen LogP contribution is 2.38. The standard InChI is InChI=1S/C27H38N2O/c1-20-12-21(2)16-28(15-20)25-10-11-27(30-19-24-8-6-5-7-9-24)26(14-25)29-17-22(3)13-23(4)18-29/h5-11,14,20-23H,12-13,15-19H2,1-4H3. The van der Waals surface area contributed by atoms with Gasteiger partial charge in [0.25, 0.3) is 0 Å². The van der Waals surface area contributed by atoms with Crippen molar-refractivity contribution in [3.63, 3.8) is 0 Å². The summed E-state index contributed by atoms with van der Waals surface area (Å²) >= 11 is 0. The van der Waals surface area contributed by atoms with Crippen LogP contribution in [0.25, 0.3) is 0 Å². The summed E-state index contributed by atoms with van der Waals surface area (Å²) in [6.45, 7) is 14.7. The summed E-state index contributed by atoms with van der Waals surface area (Å²) in [6.07, 6.45) is 2.65. The van der Waals surface area contributed by atoms with E-state index in [-0.39, 0.29) is 0 Å². The topological polar surface area (TPSA) is 15.7 Å². The average molecular weight is 407 g/mol. The van der Waals surface area contributed by atoms with Crippen LogP contribution in [0.4, 0.5) is 11.4 Å². The maximum atomic E-state index is 6.37. The first-order valence-electron chi connectivity index (χ1n) is 11.8. The molecule has 3 heteroatoms. The molecule has 4 atom stereocenters. The lowest BCUT2D eigenvalue weighted by atomic mass is 9.90. The summed E-state index contributed by atoms with van der Waals surface area (Å²) in [5, 5.41) is 0. The normalized spacial score (nSPS) is 27.2. The highest BCUT2D eigenvalue weighted by atomic mass is 16.5. The van der Waals surface area contributed by atoms with Crippen LogP contribution in [0.5, 0.6) is 5.75 Å². The highest BCUT2D eigenvalue weighted by molar-refractivity contribution is 5.67. The number of anilines is 2. The van der Waals surface area contributed by atoms with Crippen molar-refractivity contribution in [2.24, 2.45) is 23.7 Å². The van der Waals surface area contributed by atoms with E-state index in [1.165, 1.54) is 29.8 Å². The molecule has 0 spiro atoms. The Kier molecular flexibility index (Phi) is 6.55. The number of benzene rings is 2. The number of ether oxygens (including phenoxy) is 1. The van der Waals surface area contributed by atoms with Gasteiger partial charge in [0.05, 0.1) is 5.69 Å². The van der Waals surface area contributed by atoms with Crippen molar-refractivity contribution >= 4 is 11.4 Å². The van der Waals surface area contributed by atoms with Gasteiger partial charge in [0.15, 0.2) is 0 Å². The molecular formula is C27H38N2O. The molecule has 3 nitrogen and oxygen atoms in total. The van der Waals surface area contributed by atoms with Crippen molar-refractivity contribution in [2.75, 3.05) is 36.0 Å². The van der Waals surface area contributed by atoms with E-state index in [2.05, 4.69) is 86.0 Å². The van der Waals surface area contributed by atoms with Gasteiger partial charge in [-0.2, -0.15) is 0 Å². The van der Waals surface area contributed by atoms with E-state index in [9.17, 15) is 0 Å². The molecule has 2 fully saturated rings. The zero-order valence-electron chi connectivity index (χ0n) is 19.2. The van der Waals surface area contributed by atoms with Gasteiger partial charge in [0, 0.05) is 31.9 Å². The molecule has 0 amide bonds. The summed E-state index contributed by atoms with van der Waals surface area (Å²) < 4.78 is 6.37. The van der Waals surface area contributed by atoms with Gasteiger partial charge in [0.1, 0.15) is 12.4 Å². The Labute approximate surface area is 183 Å². The lowest BCUT2D eigenvalue weighted by molar-refractivity contribution is 0.302. The highest BCUT2D eigenvalue weighted by Gasteiger charge is 2.27. The van der Waals surface area contributed by atoms with Crippen molar-refractivity contribution < 1.29 is 4.74 Å². The number of nitrogens with zero attached hydrogens (tertiary/aromatic N) is 2. The van der Waals surface area contributed by atoms with Gasteiger partial charge >= 0.3 is 0 Å². The Morgan fingerprint density at radius 2 is 1.30 bits per heavy atom. The van der Waals surface area contributed by atoms with Crippen LogP contribution in [0.1, 0.15) is 46.1 Å². The fourth-order valence-electron chi connectivity index (χ4n) is 5.54. The summed E-state index contributed by atoms with van der Waals surface area (Å²) in [7, 11) is 0. The van der Waals surface area contributed by atoms with Crippen LogP contribution in [0.2, 0.25) is 0 Å². The summed E-state index contributed by atoms with van der Waals surface area (Å²) in [5.41, 5.74) is 3.83. The third kappa shape index (κ3) is 5.11. The Bertz CT molecular complexity index is 801. The molecular weight excluding hydrogens is 368 g/mol. The summed E-state index contributed by atoms with van der Waals surface area (Å²) in [6, 6.07) is 17.4. The van der Waals surface area contributed by atoms with Gasteiger partial charge in [-0.3, -0.25) is 0 Å². The molecule has 162 valence electrons. The monoisotopic (exact) mass is 406 g/mol. The summed E-state index contributed by atoms with van der Waals surface area (Å²) in [4.78, 5) is 5.15. The smallest absolute Gasteiger partial charge is 0.143 e. The molecule has 0 aliphatic carbocycles. The molecule has 4 rings (SSSR count). The number of rotatable bonds is 5. The molecule has 2 heterocycles. The minimum absolute atomic E-state index is 0.615. The van der Waals surface area contributed by atoms with E-state index in [1.807, 2.05) is 0 Å². The van der Waals surface area contributed by atoms with E-state index in [0.29, 0.717) is 6.61 Å². The average Bonchev–Trinajstić information content (AvgIpc) is 2.71. The Morgan fingerprint density at radius 3 is 1.90 bits per heavy atom. The molecule has 4 unspecified atom stereocenters. The van der Waals surface area contributed by atoms with Gasteiger partial charge in [-0.05, 0) is 60.3 Å². The van der Waals surface area contributed by atoms with Gasteiger partial charge in [-0.1, -0.05) is 58.0 Å². The first-order chi connectivity index (χ1) is 14.5. The van der Waals surface area contributed by atoms with Crippen LogP contribution >= 0.6 is 0 Å². The molecule has 30 heavy (non-hydrogen) atoms. The van der Waals surface area contributed by atoms with Crippen molar-refractivity contribution in [3.05, 3.63) is 54.1 Å². The molecule has 2 aliphatic rings. The second kappa shape index (κ2) is 9.32.